The second-order valence-corrected chi connectivity index (χ2v) is 7.06. The standard InChI is InChI=1S/C16H21NO6/c1-21-10(18)7-17-15(13(19)22-2)11-8-4-5-9(6-8)12(11)16(15,17)14(20)23-3/h8-9,11-12H,4-7H2,1-3H3. The van der Waals surface area contributed by atoms with Crippen LogP contribution in [0.1, 0.15) is 19.3 Å². The number of fused-ring (bicyclic) bond motifs is 8. The summed E-state index contributed by atoms with van der Waals surface area (Å²) < 4.78 is 14.8. The number of hydrogen-bond acceptors (Lipinski definition) is 7. The van der Waals surface area contributed by atoms with E-state index in [4.69, 9.17) is 14.2 Å². The van der Waals surface area contributed by atoms with E-state index in [9.17, 15) is 14.4 Å². The lowest BCUT2D eigenvalue weighted by atomic mass is 9.52. The Morgan fingerprint density at radius 2 is 1.39 bits per heavy atom. The Balaban J connectivity index is 1.79. The molecule has 4 aliphatic rings. The van der Waals surface area contributed by atoms with Gasteiger partial charge in [0.1, 0.15) is 0 Å². The molecule has 0 spiro atoms. The second-order valence-electron chi connectivity index (χ2n) is 7.06. The first-order valence-electron chi connectivity index (χ1n) is 8.03. The van der Waals surface area contributed by atoms with Gasteiger partial charge in [0, 0.05) is 0 Å². The molecule has 0 amide bonds. The highest BCUT2D eigenvalue weighted by atomic mass is 16.5. The van der Waals surface area contributed by atoms with Crippen LogP contribution >= 0.6 is 0 Å². The van der Waals surface area contributed by atoms with Crippen LogP contribution in [0.5, 0.6) is 0 Å². The van der Waals surface area contributed by atoms with Crippen molar-refractivity contribution in [2.75, 3.05) is 27.9 Å². The zero-order valence-corrected chi connectivity index (χ0v) is 13.5. The minimum absolute atomic E-state index is 0.0810. The highest BCUT2D eigenvalue weighted by molar-refractivity contribution is 6.06. The Kier molecular flexibility index (Phi) is 2.90. The topological polar surface area (TPSA) is 81.9 Å². The van der Waals surface area contributed by atoms with Crippen molar-refractivity contribution in [2.45, 2.75) is 30.3 Å². The quantitative estimate of drug-likeness (QED) is 0.408. The maximum absolute atomic E-state index is 12.7. The molecule has 126 valence electrons. The zero-order chi connectivity index (χ0) is 16.6. The van der Waals surface area contributed by atoms with Gasteiger partial charge in [-0.15, -0.1) is 0 Å². The van der Waals surface area contributed by atoms with Crippen LogP contribution in [0, 0.1) is 23.7 Å². The number of methoxy groups -OCH3 is 3. The van der Waals surface area contributed by atoms with Gasteiger partial charge in [-0.2, -0.15) is 0 Å². The molecule has 3 aliphatic carbocycles. The number of rotatable bonds is 4. The van der Waals surface area contributed by atoms with Crippen LogP contribution in [-0.2, 0) is 28.6 Å². The van der Waals surface area contributed by atoms with Gasteiger partial charge < -0.3 is 14.2 Å². The molecular weight excluding hydrogens is 302 g/mol. The van der Waals surface area contributed by atoms with Crippen LogP contribution in [0.2, 0.25) is 0 Å². The van der Waals surface area contributed by atoms with Gasteiger partial charge in [-0.1, -0.05) is 0 Å². The molecule has 1 aliphatic heterocycles. The molecule has 3 saturated carbocycles. The van der Waals surface area contributed by atoms with Crippen LogP contribution in [0.15, 0.2) is 0 Å². The first-order valence-corrected chi connectivity index (χ1v) is 8.03. The molecule has 7 nitrogen and oxygen atoms in total. The minimum atomic E-state index is -1.03. The third kappa shape index (κ3) is 1.31. The van der Waals surface area contributed by atoms with Crippen molar-refractivity contribution in [1.82, 2.24) is 4.90 Å². The van der Waals surface area contributed by atoms with Crippen LogP contribution in [-0.4, -0.2) is 61.8 Å². The largest absolute Gasteiger partial charge is 0.468 e. The van der Waals surface area contributed by atoms with E-state index in [0.29, 0.717) is 11.8 Å². The normalized spacial score (nSPS) is 47.9. The van der Waals surface area contributed by atoms with Crippen LogP contribution in [0.25, 0.3) is 0 Å². The van der Waals surface area contributed by atoms with E-state index >= 15 is 0 Å². The Bertz CT molecular complexity index is 563. The van der Waals surface area contributed by atoms with Crippen LogP contribution in [0.3, 0.4) is 0 Å². The molecule has 7 heteroatoms. The molecular formula is C16H21NO6. The number of nitrogens with zero attached hydrogens (tertiary/aromatic N) is 1. The lowest BCUT2D eigenvalue weighted by molar-refractivity contribution is -0.164. The fourth-order valence-corrected chi connectivity index (χ4v) is 6.28. The van der Waals surface area contributed by atoms with Crippen molar-refractivity contribution in [3.05, 3.63) is 0 Å². The molecule has 4 rings (SSSR count). The van der Waals surface area contributed by atoms with Crippen LogP contribution < -0.4 is 0 Å². The predicted molar refractivity (Wildman–Crippen MR) is 76.0 cm³/mol. The summed E-state index contributed by atoms with van der Waals surface area (Å²) in [6.07, 6.45) is 3.21. The minimum Gasteiger partial charge on any atom is -0.468 e. The molecule has 0 aromatic heterocycles. The summed E-state index contributed by atoms with van der Waals surface area (Å²) in [4.78, 5) is 38.8. The summed E-state index contributed by atoms with van der Waals surface area (Å²) in [5, 5.41) is 0. The summed E-state index contributed by atoms with van der Waals surface area (Å²) in [5.74, 6) is -0.318. The number of esters is 3. The summed E-state index contributed by atoms with van der Waals surface area (Å²) in [6, 6.07) is 0. The Hall–Kier alpha value is -1.63. The number of likely N-dealkylation sites (tertiary alicyclic amines) is 1. The Morgan fingerprint density at radius 1 is 0.913 bits per heavy atom. The van der Waals surface area contributed by atoms with E-state index in [-0.39, 0.29) is 18.4 Å². The van der Waals surface area contributed by atoms with Gasteiger partial charge in [-0.05, 0) is 42.9 Å². The highest BCUT2D eigenvalue weighted by Gasteiger charge is 3.00. The summed E-state index contributed by atoms with van der Waals surface area (Å²) in [5.41, 5.74) is -2.07. The van der Waals surface area contributed by atoms with E-state index in [0.717, 1.165) is 19.3 Å². The summed E-state index contributed by atoms with van der Waals surface area (Å²) >= 11 is 0. The lowest BCUT2D eigenvalue weighted by Gasteiger charge is -2.47. The third-order valence-corrected chi connectivity index (χ3v) is 6.77. The van der Waals surface area contributed by atoms with Gasteiger partial charge in [0.05, 0.1) is 27.9 Å². The van der Waals surface area contributed by atoms with Gasteiger partial charge in [-0.3, -0.25) is 9.69 Å². The van der Waals surface area contributed by atoms with Gasteiger partial charge in [0.15, 0.2) is 11.1 Å². The van der Waals surface area contributed by atoms with E-state index < -0.39 is 29.0 Å². The Labute approximate surface area is 134 Å². The second kappa shape index (κ2) is 4.47. The van der Waals surface area contributed by atoms with Crippen molar-refractivity contribution in [3.8, 4) is 0 Å². The molecule has 0 radical (unpaired) electrons. The van der Waals surface area contributed by atoms with Crippen molar-refractivity contribution in [3.63, 3.8) is 0 Å². The molecule has 1 heterocycles. The number of hydrogen-bond donors (Lipinski definition) is 0. The van der Waals surface area contributed by atoms with Crippen molar-refractivity contribution in [1.29, 1.82) is 0 Å². The maximum atomic E-state index is 12.7. The molecule has 4 fully saturated rings. The van der Waals surface area contributed by atoms with Crippen molar-refractivity contribution >= 4 is 17.9 Å². The van der Waals surface area contributed by atoms with E-state index in [2.05, 4.69) is 0 Å². The molecule has 1 saturated heterocycles. The number of carbonyl (C=O) groups is 3. The molecule has 0 aromatic carbocycles. The van der Waals surface area contributed by atoms with Gasteiger partial charge in [0.25, 0.3) is 0 Å². The lowest BCUT2D eigenvalue weighted by Crippen LogP contribution is -2.65. The van der Waals surface area contributed by atoms with Crippen LogP contribution in [0.4, 0.5) is 0 Å². The molecule has 6 unspecified atom stereocenters. The van der Waals surface area contributed by atoms with E-state index in [1.54, 1.807) is 4.90 Å². The van der Waals surface area contributed by atoms with Gasteiger partial charge in [-0.25, -0.2) is 9.59 Å². The van der Waals surface area contributed by atoms with Crippen molar-refractivity contribution < 1.29 is 28.6 Å². The first-order chi connectivity index (χ1) is 11.0. The molecule has 23 heavy (non-hydrogen) atoms. The molecule has 0 N–H and O–H groups in total. The smallest absolute Gasteiger partial charge is 0.329 e. The monoisotopic (exact) mass is 323 g/mol. The fourth-order valence-electron chi connectivity index (χ4n) is 6.28. The Morgan fingerprint density at radius 3 is 1.78 bits per heavy atom. The van der Waals surface area contributed by atoms with E-state index in [1.807, 2.05) is 0 Å². The van der Waals surface area contributed by atoms with Crippen molar-refractivity contribution in [2.24, 2.45) is 23.7 Å². The zero-order valence-electron chi connectivity index (χ0n) is 13.5. The SMILES string of the molecule is COC(=O)CN1C2(C(=O)OC)C3C4CCC(C4)C3C12C(=O)OC. The average molecular weight is 323 g/mol. The fraction of sp³-hybridized carbons (Fsp3) is 0.812. The maximum Gasteiger partial charge on any atom is 0.329 e. The van der Waals surface area contributed by atoms with E-state index in [1.165, 1.54) is 21.3 Å². The van der Waals surface area contributed by atoms with Gasteiger partial charge >= 0.3 is 17.9 Å². The van der Waals surface area contributed by atoms with Gasteiger partial charge in [0.2, 0.25) is 0 Å². The first kappa shape index (κ1) is 14.9. The average Bonchev–Trinajstić information content (AvgIpc) is 2.91. The summed E-state index contributed by atoms with van der Waals surface area (Å²) in [7, 11) is 3.95. The number of carbonyl (C=O) groups excluding carboxylic acids is 3. The highest BCUT2D eigenvalue weighted by Crippen LogP contribution is 2.82. The number of ether oxygens (including phenoxy) is 3. The third-order valence-electron chi connectivity index (χ3n) is 6.77. The molecule has 0 aromatic rings. The molecule has 6 atom stereocenters. The molecule has 2 bridgehead atoms. The summed E-state index contributed by atoms with van der Waals surface area (Å²) in [6.45, 7) is -0.0901. The predicted octanol–water partition coefficient (Wildman–Crippen LogP) is -0.0255.